The SMILES string of the molecule is O=C(NC1CCOC1)c1cc(Br)cc(Br)c1. The number of hydrogen-bond donors (Lipinski definition) is 1. The molecule has 0 aromatic heterocycles. The molecule has 1 saturated heterocycles. The second-order valence-corrected chi connectivity index (χ2v) is 5.52. The van der Waals surface area contributed by atoms with Crippen molar-refractivity contribution in [1.82, 2.24) is 5.32 Å². The molecular formula is C11H11Br2NO2. The van der Waals surface area contributed by atoms with E-state index in [0.717, 1.165) is 22.0 Å². The Hall–Kier alpha value is -0.390. The van der Waals surface area contributed by atoms with Crippen molar-refractivity contribution in [2.24, 2.45) is 0 Å². The highest BCUT2D eigenvalue weighted by Crippen LogP contribution is 2.20. The molecule has 1 aromatic rings. The first kappa shape index (κ1) is 12.1. The van der Waals surface area contributed by atoms with Gasteiger partial charge in [0.15, 0.2) is 0 Å². The van der Waals surface area contributed by atoms with Crippen molar-refractivity contribution in [2.75, 3.05) is 13.2 Å². The Morgan fingerprint density at radius 2 is 2.00 bits per heavy atom. The highest BCUT2D eigenvalue weighted by atomic mass is 79.9. The van der Waals surface area contributed by atoms with Gasteiger partial charge < -0.3 is 10.1 Å². The molecule has 1 aromatic carbocycles. The Morgan fingerprint density at radius 3 is 2.56 bits per heavy atom. The molecule has 1 heterocycles. The fourth-order valence-corrected chi connectivity index (χ4v) is 2.90. The van der Waals surface area contributed by atoms with Crippen molar-refractivity contribution >= 4 is 37.8 Å². The largest absolute Gasteiger partial charge is 0.379 e. The first-order valence-electron chi connectivity index (χ1n) is 5.00. The lowest BCUT2D eigenvalue weighted by molar-refractivity contribution is 0.0930. The predicted octanol–water partition coefficient (Wildman–Crippen LogP) is 2.73. The van der Waals surface area contributed by atoms with E-state index in [2.05, 4.69) is 37.2 Å². The lowest BCUT2D eigenvalue weighted by atomic mass is 10.2. The second kappa shape index (κ2) is 5.29. The lowest BCUT2D eigenvalue weighted by Crippen LogP contribution is -2.34. The van der Waals surface area contributed by atoms with Crippen molar-refractivity contribution < 1.29 is 9.53 Å². The molecule has 0 saturated carbocycles. The highest BCUT2D eigenvalue weighted by Gasteiger charge is 2.18. The number of carbonyl (C=O) groups is 1. The fourth-order valence-electron chi connectivity index (χ4n) is 1.60. The summed E-state index contributed by atoms with van der Waals surface area (Å²) in [7, 11) is 0. The van der Waals surface area contributed by atoms with Gasteiger partial charge in [0.1, 0.15) is 0 Å². The van der Waals surface area contributed by atoms with Crippen molar-refractivity contribution in [3.05, 3.63) is 32.7 Å². The van der Waals surface area contributed by atoms with Crippen LogP contribution in [0.4, 0.5) is 0 Å². The van der Waals surface area contributed by atoms with Crippen molar-refractivity contribution in [1.29, 1.82) is 0 Å². The van der Waals surface area contributed by atoms with Crippen LogP contribution in [0.15, 0.2) is 27.1 Å². The molecule has 1 amide bonds. The Kier molecular flexibility index (Phi) is 4.00. The average molecular weight is 349 g/mol. The quantitative estimate of drug-likeness (QED) is 0.892. The Morgan fingerprint density at radius 1 is 1.31 bits per heavy atom. The molecule has 1 unspecified atom stereocenters. The van der Waals surface area contributed by atoms with Gasteiger partial charge in [-0.3, -0.25) is 4.79 Å². The van der Waals surface area contributed by atoms with E-state index in [1.165, 1.54) is 0 Å². The van der Waals surface area contributed by atoms with E-state index >= 15 is 0 Å². The summed E-state index contributed by atoms with van der Waals surface area (Å²) >= 11 is 6.72. The van der Waals surface area contributed by atoms with Crippen LogP contribution in [-0.4, -0.2) is 25.2 Å². The van der Waals surface area contributed by atoms with Crippen LogP contribution >= 0.6 is 31.9 Å². The molecule has 0 radical (unpaired) electrons. The van der Waals surface area contributed by atoms with Gasteiger partial charge in [-0.05, 0) is 24.6 Å². The monoisotopic (exact) mass is 347 g/mol. The third-order valence-corrected chi connectivity index (χ3v) is 3.31. The van der Waals surface area contributed by atoms with Gasteiger partial charge in [-0.2, -0.15) is 0 Å². The molecule has 0 spiro atoms. The molecule has 1 aliphatic heterocycles. The number of amides is 1. The topological polar surface area (TPSA) is 38.3 Å². The van der Waals surface area contributed by atoms with Gasteiger partial charge in [0.2, 0.25) is 0 Å². The summed E-state index contributed by atoms with van der Waals surface area (Å²) in [4.78, 5) is 11.9. The molecule has 3 nitrogen and oxygen atoms in total. The van der Waals surface area contributed by atoms with E-state index < -0.39 is 0 Å². The maximum atomic E-state index is 11.9. The van der Waals surface area contributed by atoms with Crippen LogP contribution in [0.2, 0.25) is 0 Å². The Labute approximate surface area is 111 Å². The number of benzene rings is 1. The van der Waals surface area contributed by atoms with E-state index in [0.29, 0.717) is 12.2 Å². The maximum Gasteiger partial charge on any atom is 0.251 e. The van der Waals surface area contributed by atoms with Gasteiger partial charge in [0.05, 0.1) is 12.6 Å². The van der Waals surface area contributed by atoms with Crippen LogP contribution in [0.3, 0.4) is 0 Å². The summed E-state index contributed by atoms with van der Waals surface area (Å²) in [5.74, 6) is -0.0579. The number of rotatable bonds is 2. The molecule has 1 aliphatic rings. The van der Waals surface area contributed by atoms with E-state index in [-0.39, 0.29) is 11.9 Å². The normalized spacial score (nSPS) is 19.8. The summed E-state index contributed by atoms with van der Waals surface area (Å²) in [6, 6.07) is 5.65. The van der Waals surface area contributed by atoms with Crippen LogP contribution in [-0.2, 0) is 4.74 Å². The number of hydrogen-bond acceptors (Lipinski definition) is 2. The van der Waals surface area contributed by atoms with Gasteiger partial charge in [-0.15, -0.1) is 0 Å². The third kappa shape index (κ3) is 3.06. The minimum absolute atomic E-state index is 0.0579. The summed E-state index contributed by atoms with van der Waals surface area (Å²) in [6.45, 7) is 1.34. The van der Waals surface area contributed by atoms with Gasteiger partial charge in [0.25, 0.3) is 5.91 Å². The number of carbonyl (C=O) groups excluding carboxylic acids is 1. The number of halogens is 2. The smallest absolute Gasteiger partial charge is 0.251 e. The lowest BCUT2D eigenvalue weighted by Gasteiger charge is -2.11. The molecule has 1 atom stereocenters. The zero-order valence-corrected chi connectivity index (χ0v) is 11.7. The van der Waals surface area contributed by atoms with Gasteiger partial charge >= 0.3 is 0 Å². The highest BCUT2D eigenvalue weighted by molar-refractivity contribution is 9.11. The van der Waals surface area contributed by atoms with Crippen molar-refractivity contribution in [3.63, 3.8) is 0 Å². The van der Waals surface area contributed by atoms with Crippen LogP contribution in [0, 0.1) is 0 Å². The van der Waals surface area contributed by atoms with E-state index in [9.17, 15) is 4.79 Å². The van der Waals surface area contributed by atoms with Gasteiger partial charge in [0, 0.05) is 21.1 Å². The predicted molar refractivity (Wildman–Crippen MR) is 68.5 cm³/mol. The second-order valence-electron chi connectivity index (χ2n) is 3.69. The first-order valence-corrected chi connectivity index (χ1v) is 6.58. The van der Waals surface area contributed by atoms with Crippen LogP contribution in [0.5, 0.6) is 0 Å². The molecule has 0 bridgehead atoms. The van der Waals surface area contributed by atoms with Crippen LogP contribution in [0.25, 0.3) is 0 Å². The minimum Gasteiger partial charge on any atom is -0.379 e. The average Bonchev–Trinajstić information content (AvgIpc) is 2.68. The molecule has 5 heteroatoms. The standard InChI is InChI=1S/C11H11Br2NO2/c12-8-3-7(4-9(13)5-8)11(15)14-10-1-2-16-6-10/h3-5,10H,1-2,6H2,(H,14,15). The molecule has 86 valence electrons. The minimum atomic E-state index is -0.0579. The molecule has 2 rings (SSSR count). The molecule has 1 N–H and O–H groups in total. The zero-order chi connectivity index (χ0) is 11.5. The third-order valence-electron chi connectivity index (χ3n) is 2.39. The number of ether oxygens (including phenoxy) is 1. The Balaban J connectivity index is 2.07. The molecule has 1 fully saturated rings. The van der Waals surface area contributed by atoms with Gasteiger partial charge in [-0.1, -0.05) is 31.9 Å². The van der Waals surface area contributed by atoms with Crippen molar-refractivity contribution in [3.8, 4) is 0 Å². The fraction of sp³-hybridized carbons (Fsp3) is 0.364. The van der Waals surface area contributed by atoms with Crippen LogP contribution in [0.1, 0.15) is 16.8 Å². The van der Waals surface area contributed by atoms with E-state index in [1.807, 2.05) is 6.07 Å². The summed E-state index contributed by atoms with van der Waals surface area (Å²) in [5, 5.41) is 2.94. The molecular weight excluding hydrogens is 338 g/mol. The Bertz CT molecular complexity index is 383. The molecule has 0 aliphatic carbocycles. The summed E-state index contributed by atoms with van der Waals surface area (Å²) in [5.41, 5.74) is 0.646. The summed E-state index contributed by atoms with van der Waals surface area (Å²) in [6.07, 6.45) is 0.890. The van der Waals surface area contributed by atoms with E-state index in [4.69, 9.17) is 4.74 Å². The summed E-state index contributed by atoms with van der Waals surface area (Å²) < 4.78 is 6.98. The zero-order valence-electron chi connectivity index (χ0n) is 8.50. The van der Waals surface area contributed by atoms with Gasteiger partial charge in [-0.25, -0.2) is 0 Å². The van der Waals surface area contributed by atoms with E-state index in [1.54, 1.807) is 12.1 Å². The first-order chi connectivity index (χ1) is 7.65. The molecule has 16 heavy (non-hydrogen) atoms. The number of nitrogens with one attached hydrogen (secondary N) is 1. The van der Waals surface area contributed by atoms with Crippen LogP contribution < -0.4 is 5.32 Å². The maximum absolute atomic E-state index is 11.9. The van der Waals surface area contributed by atoms with Crippen molar-refractivity contribution in [2.45, 2.75) is 12.5 Å².